The van der Waals surface area contributed by atoms with Crippen LogP contribution in [0.25, 0.3) is 0 Å². The Morgan fingerprint density at radius 2 is 1.88 bits per heavy atom. The number of nitrogens with one attached hydrogen (secondary N) is 1. The molecule has 2 aromatic rings. The maximum atomic E-state index is 13.1. The van der Waals surface area contributed by atoms with Gasteiger partial charge in [0.2, 0.25) is 0 Å². The number of rotatable bonds is 2. The monoisotopic (exact) mass is 356 g/mol. The van der Waals surface area contributed by atoms with Gasteiger partial charge < -0.3 is 10.1 Å². The standard InChI is InChI=1S/C20H21FN2O3/c21-17-7-5-14(6-8-17)19-11-18(9-10-25-19)22-20(24)23-12-15-3-1-2-4-16(15)13-26-23/h1-8,18-19H,9-13H2,(H,22,24). The van der Waals surface area contributed by atoms with Gasteiger partial charge in [0.15, 0.2) is 0 Å². The van der Waals surface area contributed by atoms with E-state index in [9.17, 15) is 9.18 Å². The van der Waals surface area contributed by atoms with Crippen molar-refractivity contribution >= 4 is 6.03 Å². The predicted molar refractivity (Wildman–Crippen MR) is 93.4 cm³/mol. The average Bonchev–Trinajstić information content (AvgIpc) is 2.68. The van der Waals surface area contributed by atoms with E-state index in [1.165, 1.54) is 17.2 Å². The number of ether oxygens (including phenoxy) is 1. The Bertz CT molecular complexity index is 781. The summed E-state index contributed by atoms with van der Waals surface area (Å²) in [6.45, 7) is 1.39. The number of carbonyl (C=O) groups is 1. The van der Waals surface area contributed by atoms with Gasteiger partial charge in [0.1, 0.15) is 12.4 Å². The Kier molecular flexibility index (Phi) is 4.86. The number of amides is 2. The first-order valence-electron chi connectivity index (χ1n) is 8.84. The molecule has 2 heterocycles. The summed E-state index contributed by atoms with van der Waals surface area (Å²) in [5.74, 6) is -0.267. The van der Waals surface area contributed by atoms with Gasteiger partial charge in [-0.25, -0.2) is 9.18 Å². The molecule has 2 aromatic carbocycles. The number of halogens is 1. The summed E-state index contributed by atoms with van der Waals surface area (Å²) in [6.07, 6.45) is 1.26. The second-order valence-electron chi connectivity index (χ2n) is 6.66. The van der Waals surface area contributed by atoms with E-state index >= 15 is 0 Å². The normalized spacial score (nSPS) is 22.6. The van der Waals surface area contributed by atoms with Crippen molar-refractivity contribution in [1.82, 2.24) is 10.4 Å². The van der Waals surface area contributed by atoms with Crippen LogP contribution in [0.4, 0.5) is 9.18 Å². The second kappa shape index (κ2) is 7.43. The third-order valence-corrected chi connectivity index (χ3v) is 4.89. The first-order chi connectivity index (χ1) is 12.7. The van der Waals surface area contributed by atoms with E-state index in [1.54, 1.807) is 12.1 Å². The lowest BCUT2D eigenvalue weighted by atomic mass is 9.97. The van der Waals surface area contributed by atoms with Gasteiger partial charge >= 0.3 is 6.03 Å². The fourth-order valence-corrected chi connectivity index (χ4v) is 3.42. The van der Waals surface area contributed by atoms with E-state index in [2.05, 4.69) is 5.32 Å². The van der Waals surface area contributed by atoms with E-state index in [0.29, 0.717) is 26.2 Å². The summed E-state index contributed by atoms with van der Waals surface area (Å²) in [5.41, 5.74) is 3.14. The molecule has 0 bridgehead atoms. The third-order valence-electron chi connectivity index (χ3n) is 4.89. The van der Waals surface area contributed by atoms with Crippen molar-refractivity contribution in [1.29, 1.82) is 0 Å². The zero-order valence-corrected chi connectivity index (χ0v) is 14.4. The zero-order chi connectivity index (χ0) is 17.9. The highest BCUT2D eigenvalue weighted by atomic mass is 19.1. The molecular weight excluding hydrogens is 335 g/mol. The molecule has 26 heavy (non-hydrogen) atoms. The first-order valence-corrected chi connectivity index (χ1v) is 8.84. The van der Waals surface area contributed by atoms with E-state index < -0.39 is 0 Å². The van der Waals surface area contributed by atoms with Crippen LogP contribution < -0.4 is 5.32 Å². The van der Waals surface area contributed by atoms with Gasteiger partial charge in [-0.15, -0.1) is 0 Å². The number of benzene rings is 2. The van der Waals surface area contributed by atoms with Gasteiger partial charge in [-0.1, -0.05) is 36.4 Å². The van der Waals surface area contributed by atoms with Gasteiger partial charge in [0, 0.05) is 12.6 Å². The minimum absolute atomic E-state index is 0.00734. The quantitative estimate of drug-likeness (QED) is 0.893. The van der Waals surface area contributed by atoms with E-state index in [-0.39, 0.29) is 24.0 Å². The van der Waals surface area contributed by atoms with Crippen molar-refractivity contribution in [2.45, 2.75) is 38.1 Å². The molecule has 0 radical (unpaired) electrons. The Labute approximate surface area is 151 Å². The SMILES string of the molecule is O=C(NC1CCOC(c2ccc(F)cc2)C1)N1Cc2ccccc2CO1. The molecular formula is C20H21FN2O3. The predicted octanol–water partition coefficient (Wildman–Crippen LogP) is 3.70. The lowest BCUT2D eigenvalue weighted by Gasteiger charge is -2.33. The highest BCUT2D eigenvalue weighted by Crippen LogP contribution is 2.28. The Morgan fingerprint density at radius 1 is 1.12 bits per heavy atom. The van der Waals surface area contributed by atoms with Crippen molar-refractivity contribution in [2.75, 3.05) is 6.61 Å². The molecule has 2 aliphatic rings. The summed E-state index contributed by atoms with van der Waals surface area (Å²) >= 11 is 0. The molecule has 4 rings (SSSR count). The third kappa shape index (κ3) is 3.71. The summed E-state index contributed by atoms with van der Waals surface area (Å²) in [5, 5.41) is 4.42. The Balaban J connectivity index is 1.36. The van der Waals surface area contributed by atoms with Crippen molar-refractivity contribution < 1.29 is 18.8 Å². The Morgan fingerprint density at radius 3 is 2.69 bits per heavy atom. The topological polar surface area (TPSA) is 50.8 Å². The van der Waals surface area contributed by atoms with Crippen LogP contribution in [0, 0.1) is 5.82 Å². The maximum Gasteiger partial charge on any atom is 0.341 e. The number of nitrogens with zero attached hydrogens (tertiary/aromatic N) is 1. The van der Waals surface area contributed by atoms with E-state index in [4.69, 9.17) is 9.57 Å². The van der Waals surface area contributed by atoms with Crippen LogP contribution in [0.3, 0.4) is 0 Å². The van der Waals surface area contributed by atoms with Crippen molar-refractivity contribution in [2.24, 2.45) is 0 Å². The largest absolute Gasteiger partial charge is 0.373 e. The molecule has 1 fully saturated rings. The van der Waals surface area contributed by atoms with Crippen molar-refractivity contribution in [3.8, 4) is 0 Å². The molecule has 1 saturated heterocycles. The van der Waals surface area contributed by atoms with Gasteiger partial charge in [0.25, 0.3) is 0 Å². The summed E-state index contributed by atoms with van der Waals surface area (Å²) in [4.78, 5) is 18.1. The van der Waals surface area contributed by atoms with Gasteiger partial charge in [-0.2, -0.15) is 5.06 Å². The fraction of sp³-hybridized carbons (Fsp3) is 0.350. The number of fused-ring (bicyclic) bond motifs is 1. The van der Waals surface area contributed by atoms with Crippen LogP contribution in [-0.2, 0) is 22.7 Å². The summed E-state index contributed by atoms with van der Waals surface area (Å²) in [7, 11) is 0. The molecule has 5 nitrogen and oxygen atoms in total. The Hall–Kier alpha value is -2.44. The minimum Gasteiger partial charge on any atom is -0.373 e. The van der Waals surface area contributed by atoms with Crippen LogP contribution in [0.15, 0.2) is 48.5 Å². The number of urea groups is 1. The molecule has 2 aliphatic heterocycles. The number of carbonyl (C=O) groups excluding carboxylic acids is 1. The maximum absolute atomic E-state index is 13.1. The van der Waals surface area contributed by atoms with Crippen LogP contribution in [-0.4, -0.2) is 23.7 Å². The highest BCUT2D eigenvalue weighted by Gasteiger charge is 2.28. The second-order valence-corrected chi connectivity index (χ2v) is 6.66. The van der Waals surface area contributed by atoms with Crippen LogP contribution >= 0.6 is 0 Å². The average molecular weight is 356 g/mol. The summed E-state index contributed by atoms with van der Waals surface area (Å²) < 4.78 is 18.9. The highest BCUT2D eigenvalue weighted by molar-refractivity contribution is 5.73. The molecule has 2 atom stereocenters. The van der Waals surface area contributed by atoms with Crippen molar-refractivity contribution in [3.05, 3.63) is 71.0 Å². The summed E-state index contributed by atoms with van der Waals surface area (Å²) in [6, 6.07) is 14.0. The molecule has 2 amide bonds. The molecule has 136 valence electrons. The number of hydrogen-bond donors (Lipinski definition) is 1. The van der Waals surface area contributed by atoms with E-state index in [0.717, 1.165) is 23.1 Å². The molecule has 0 aliphatic carbocycles. The van der Waals surface area contributed by atoms with Crippen LogP contribution in [0.2, 0.25) is 0 Å². The number of hydroxylamine groups is 2. The lowest BCUT2D eigenvalue weighted by molar-refractivity contribution is -0.146. The molecule has 0 saturated carbocycles. The molecule has 0 aromatic heterocycles. The lowest BCUT2D eigenvalue weighted by Crippen LogP contribution is -2.47. The zero-order valence-electron chi connectivity index (χ0n) is 14.4. The van der Waals surface area contributed by atoms with Gasteiger partial charge in [0.05, 0.1) is 12.6 Å². The molecule has 2 unspecified atom stereocenters. The van der Waals surface area contributed by atoms with Gasteiger partial charge in [-0.05, 0) is 41.7 Å². The smallest absolute Gasteiger partial charge is 0.341 e. The molecule has 1 N–H and O–H groups in total. The fourth-order valence-electron chi connectivity index (χ4n) is 3.42. The molecule has 6 heteroatoms. The number of hydrogen-bond acceptors (Lipinski definition) is 3. The molecule has 0 spiro atoms. The van der Waals surface area contributed by atoms with Crippen LogP contribution in [0.1, 0.15) is 35.6 Å². The minimum atomic E-state index is -0.267. The van der Waals surface area contributed by atoms with Crippen LogP contribution in [0.5, 0.6) is 0 Å². The van der Waals surface area contributed by atoms with E-state index in [1.807, 2.05) is 24.3 Å². The van der Waals surface area contributed by atoms with Crippen molar-refractivity contribution in [3.63, 3.8) is 0 Å². The first kappa shape index (κ1) is 17.0. The van der Waals surface area contributed by atoms with Gasteiger partial charge in [-0.3, -0.25) is 4.84 Å².